The lowest BCUT2D eigenvalue weighted by Crippen LogP contribution is -2.54. The second-order valence-corrected chi connectivity index (χ2v) is 9.93. The predicted octanol–water partition coefficient (Wildman–Crippen LogP) is 4.34. The third-order valence-electron chi connectivity index (χ3n) is 5.35. The zero-order valence-electron chi connectivity index (χ0n) is 20.2. The van der Waals surface area contributed by atoms with Crippen LogP contribution < -0.4 is 14.2 Å². The number of amides is 1. The number of carbonyl (C=O) groups is 2. The van der Waals surface area contributed by atoms with Crippen LogP contribution in [-0.2, 0) is 20.7 Å². The van der Waals surface area contributed by atoms with Gasteiger partial charge in [0.05, 0.1) is 20.1 Å². The van der Waals surface area contributed by atoms with Gasteiger partial charge in [-0.3, -0.25) is 4.79 Å². The van der Waals surface area contributed by atoms with Crippen LogP contribution in [0.3, 0.4) is 0 Å². The molecule has 0 saturated carbocycles. The topological polar surface area (TPSA) is 101 Å². The number of pyridine rings is 1. The first-order valence-corrected chi connectivity index (χ1v) is 11.6. The van der Waals surface area contributed by atoms with E-state index in [0.29, 0.717) is 27.4 Å². The summed E-state index contributed by atoms with van der Waals surface area (Å²) in [4.78, 5) is 26.6. The van der Waals surface area contributed by atoms with Crippen molar-refractivity contribution in [1.82, 2.24) is 4.90 Å². The molecule has 9 nitrogen and oxygen atoms in total. The number of methoxy groups -OCH3 is 2. The fourth-order valence-electron chi connectivity index (χ4n) is 3.53. The highest BCUT2D eigenvalue weighted by Gasteiger charge is 2.40. The summed E-state index contributed by atoms with van der Waals surface area (Å²) in [7, 11) is 3.02. The molecule has 1 aliphatic heterocycles. The molecule has 0 unspecified atom stereocenters. The molecule has 0 aliphatic carbocycles. The van der Waals surface area contributed by atoms with Crippen molar-refractivity contribution in [3.63, 3.8) is 0 Å². The van der Waals surface area contributed by atoms with Crippen LogP contribution in [-0.4, -0.2) is 49.9 Å². The Morgan fingerprint density at radius 1 is 1.11 bits per heavy atom. The molecule has 11 heteroatoms. The minimum Gasteiger partial charge on any atom is -0.619 e. The quantitative estimate of drug-likeness (QED) is 0.300. The smallest absolute Gasteiger partial charge is 0.410 e. The molecular formula is C24H28Cl2N2O7. The van der Waals surface area contributed by atoms with E-state index in [-0.39, 0.29) is 29.6 Å². The highest BCUT2D eigenvalue weighted by molar-refractivity contribution is 6.35. The Morgan fingerprint density at radius 3 is 2.26 bits per heavy atom. The molecule has 1 fully saturated rings. The minimum absolute atomic E-state index is 0.113. The summed E-state index contributed by atoms with van der Waals surface area (Å²) >= 11 is 12.5. The number of likely N-dealkylation sites (tertiary alicyclic amines) is 1. The molecule has 1 aromatic heterocycles. The van der Waals surface area contributed by atoms with Crippen molar-refractivity contribution in [2.24, 2.45) is 5.92 Å². The van der Waals surface area contributed by atoms with Gasteiger partial charge in [-0.25, -0.2) is 4.79 Å². The molecule has 1 saturated heterocycles. The van der Waals surface area contributed by atoms with Gasteiger partial charge >= 0.3 is 12.1 Å². The number of carbonyl (C=O) groups excluding carboxylic acids is 2. The summed E-state index contributed by atoms with van der Waals surface area (Å²) in [5, 5.41) is 11.9. The van der Waals surface area contributed by atoms with Crippen LogP contribution in [0.15, 0.2) is 30.6 Å². The van der Waals surface area contributed by atoms with Crippen LogP contribution >= 0.6 is 23.2 Å². The maximum atomic E-state index is 13.0. The van der Waals surface area contributed by atoms with Gasteiger partial charge < -0.3 is 29.1 Å². The number of hydrogen-bond acceptors (Lipinski definition) is 7. The largest absolute Gasteiger partial charge is 0.619 e. The fourth-order valence-corrected chi connectivity index (χ4v) is 4.13. The Labute approximate surface area is 214 Å². The molecule has 0 radical (unpaired) electrons. The van der Waals surface area contributed by atoms with Crippen molar-refractivity contribution in [3.8, 4) is 11.5 Å². The molecular weight excluding hydrogens is 499 g/mol. The third kappa shape index (κ3) is 6.61. The van der Waals surface area contributed by atoms with Gasteiger partial charge in [-0.1, -0.05) is 29.3 Å². The Bertz CT molecular complexity index is 1070. The Morgan fingerprint density at radius 2 is 1.71 bits per heavy atom. The Kier molecular flexibility index (Phi) is 8.22. The van der Waals surface area contributed by atoms with Crippen molar-refractivity contribution in [1.29, 1.82) is 0 Å². The van der Waals surface area contributed by atoms with Crippen molar-refractivity contribution in [3.05, 3.63) is 57.0 Å². The zero-order valence-corrected chi connectivity index (χ0v) is 21.7. The van der Waals surface area contributed by atoms with Gasteiger partial charge in [0.2, 0.25) is 0 Å². The number of halogens is 2. The van der Waals surface area contributed by atoms with E-state index in [1.54, 1.807) is 39.0 Å². The monoisotopic (exact) mass is 526 g/mol. The van der Waals surface area contributed by atoms with E-state index in [4.69, 9.17) is 42.1 Å². The molecule has 190 valence electrons. The summed E-state index contributed by atoms with van der Waals surface area (Å²) in [6, 6.07) is 5.14. The van der Waals surface area contributed by atoms with Gasteiger partial charge in [0.1, 0.15) is 21.8 Å². The van der Waals surface area contributed by atoms with Crippen LogP contribution in [0, 0.1) is 11.1 Å². The number of esters is 1. The summed E-state index contributed by atoms with van der Waals surface area (Å²) in [5.41, 5.74) is 0.444. The van der Waals surface area contributed by atoms with Gasteiger partial charge in [-0.2, -0.15) is 4.73 Å². The summed E-state index contributed by atoms with van der Waals surface area (Å²) in [6.07, 6.45) is 1.20. The van der Waals surface area contributed by atoms with Crippen LogP contribution in [0.1, 0.15) is 38.0 Å². The second-order valence-electron chi connectivity index (χ2n) is 9.12. The average molecular weight is 527 g/mol. The van der Waals surface area contributed by atoms with Crippen molar-refractivity contribution < 1.29 is 33.3 Å². The first kappa shape index (κ1) is 26.7. The van der Waals surface area contributed by atoms with Crippen LogP contribution in [0.5, 0.6) is 11.5 Å². The van der Waals surface area contributed by atoms with E-state index in [0.717, 1.165) is 0 Å². The molecule has 2 aromatic rings. The lowest BCUT2D eigenvalue weighted by molar-refractivity contribution is -0.605. The molecule has 1 aromatic carbocycles. The first-order chi connectivity index (χ1) is 16.4. The van der Waals surface area contributed by atoms with E-state index in [1.165, 1.54) is 31.5 Å². The van der Waals surface area contributed by atoms with Crippen molar-refractivity contribution in [2.75, 3.05) is 27.3 Å². The number of hydrogen-bond donors (Lipinski definition) is 0. The maximum absolute atomic E-state index is 13.0. The molecule has 1 aliphatic rings. The third-order valence-corrected chi connectivity index (χ3v) is 6.00. The average Bonchev–Trinajstić information content (AvgIpc) is 2.72. The summed E-state index contributed by atoms with van der Waals surface area (Å²) in [6.45, 7) is 5.71. The van der Waals surface area contributed by atoms with Gasteiger partial charge in [-0.05, 0) is 38.5 Å². The number of benzene rings is 1. The highest BCUT2D eigenvalue weighted by atomic mass is 35.5. The zero-order chi connectivity index (χ0) is 25.9. The molecule has 1 amide bonds. The second kappa shape index (κ2) is 10.8. The van der Waals surface area contributed by atoms with E-state index in [2.05, 4.69) is 0 Å². The number of nitrogens with zero attached hydrogens (tertiary/aromatic N) is 2. The van der Waals surface area contributed by atoms with E-state index in [9.17, 15) is 14.8 Å². The van der Waals surface area contributed by atoms with Gasteiger partial charge in [0.15, 0.2) is 23.9 Å². The molecule has 0 bridgehead atoms. The fraction of sp³-hybridized carbons (Fsp3) is 0.458. The number of aromatic nitrogens is 1. The van der Waals surface area contributed by atoms with Crippen molar-refractivity contribution >= 4 is 35.3 Å². The standard InChI is InChI=1S/C24H28Cl2N2O7/c1-24(2,3)35-23(30)27-10-15(11-27)22(29)34-20(9-16-17(25)12-28(31)13-18(16)26)14-6-7-19(32-4)21(8-14)33-5/h6-8,12-13,15,20H,9-11H2,1-5H3/t20-/m0/s1. The number of ether oxygens (including phenoxy) is 4. The summed E-state index contributed by atoms with van der Waals surface area (Å²) < 4.78 is 22.4. The highest BCUT2D eigenvalue weighted by Crippen LogP contribution is 2.36. The molecule has 3 rings (SSSR count). The van der Waals surface area contributed by atoms with Gasteiger partial charge in [0.25, 0.3) is 0 Å². The SMILES string of the molecule is COc1ccc([C@H](Cc2c(Cl)c[n+]([O-])cc2Cl)OC(=O)C2CN(C(=O)OC(C)(C)C)C2)cc1OC. The van der Waals surface area contributed by atoms with Crippen LogP contribution in [0.4, 0.5) is 4.79 Å². The van der Waals surface area contributed by atoms with Gasteiger partial charge in [-0.15, -0.1) is 0 Å². The summed E-state index contributed by atoms with van der Waals surface area (Å²) in [5.74, 6) is -0.0210. The molecule has 0 spiro atoms. The first-order valence-electron chi connectivity index (χ1n) is 10.9. The number of rotatable bonds is 7. The molecule has 1 atom stereocenters. The molecule has 0 N–H and O–H groups in total. The van der Waals surface area contributed by atoms with Crippen LogP contribution in [0.25, 0.3) is 0 Å². The van der Waals surface area contributed by atoms with Crippen molar-refractivity contribution in [2.45, 2.75) is 38.9 Å². The van der Waals surface area contributed by atoms with Gasteiger partial charge in [0, 0.05) is 25.1 Å². The van der Waals surface area contributed by atoms with E-state index in [1.807, 2.05) is 0 Å². The minimum atomic E-state index is -0.796. The lowest BCUT2D eigenvalue weighted by atomic mass is 9.99. The Hall–Kier alpha value is -2.91. The van der Waals surface area contributed by atoms with E-state index >= 15 is 0 Å². The predicted molar refractivity (Wildman–Crippen MR) is 129 cm³/mol. The van der Waals surface area contributed by atoms with Crippen LogP contribution in [0.2, 0.25) is 10.0 Å². The lowest BCUT2D eigenvalue weighted by Gasteiger charge is -2.38. The normalized spacial score (nSPS) is 14.7. The maximum Gasteiger partial charge on any atom is 0.410 e. The molecule has 35 heavy (non-hydrogen) atoms. The Balaban J connectivity index is 1.81. The molecule has 2 heterocycles. The van der Waals surface area contributed by atoms with E-state index < -0.39 is 29.7 Å².